The molecule has 0 aliphatic rings. The lowest BCUT2D eigenvalue weighted by Crippen LogP contribution is -2.01. The van der Waals surface area contributed by atoms with E-state index in [-0.39, 0.29) is 11.4 Å². The van der Waals surface area contributed by atoms with Crippen LogP contribution in [-0.2, 0) is 0 Å². The molecule has 2 heterocycles. The van der Waals surface area contributed by atoms with Crippen LogP contribution < -0.4 is 0 Å². The molecule has 0 spiro atoms. The molecule has 0 aliphatic carbocycles. The average Bonchev–Trinajstić information content (AvgIpc) is 3.23. The van der Waals surface area contributed by atoms with E-state index in [0.717, 1.165) is 33.1 Å². The fourth-order valence-electron chi connectivity index (χ4n) is 3.88. The van der Waals surface area contributed by atoms with Gasteiger partial charge in [-0.15, -0.1) is 0 Å². The van der Waals surface area contributed by atoms with Crippen molar-refractivity contribution in [3.63, 3.8) is 0 Å². The first-order valence-corrected chi connectivity index (χ1v) is 10.7. The summed E-state index contributed by atoms with van der Waals surface area (Å²) in [7, 11) is 0. The quantitative estimate of drug-likeness (QED) is 0.278. The van der Waals surface area contributed by atoms with Crippen LogP contribution in [0.1, 0.15) is 0 Å². The predicted molar refractivity (Wildman–Crippen MR) is 128 cm³/mol. The SMILES string of the molecule is Fc1ccc(Cl)cc1-c1nc(-c2ccccc2)nc(-c2ccc3c(c2)oc2ccccc23)n1. The molecule has 0 bridgehead atoms. The Morgan fingerprint density at radius 3 is 2.15 bits per heavy atom. The Hall–Kier alpha value is -4.09. The monoisotopic (exact) mass is 451 g/mol. The molecule has 6 heteroatoms. The summed E-state index contributed by atoms with van der Waals surface area (Å²) in [5.74, 6) is 0.618. The Bertz CT molecular complexity index is 1650. The molecular weight excluding hydrogens is 437 g/mol. The van der Waals surface area contributed by atoms with Crippen molar-refractivity contribution in [2.45, 2.75) is 0 Å². The Kier molecular flexibility index (Phi) is 4.63. The second-order valence-electron chi connectivity index (χ2n) is 7.61. The molecule has 0 atom stereocenters. The molecule has 6 aromatic rings. The number of nitrogens with zero attached hydrogens (tertiary/aromatic N) is 3. The second-order valence-corrected chi connectivity index (χ2v) is 8.04. The molecule has 0 fully saturated rings. The first kappa shape index (κ1) is 19.6. The maximum absolute atomic E-state index is 14.7. The molecule has 0 amide bonds. The topological polar surface area (TPSA) is 51.8 Å². The Morgan fingerprint density at radius 1 is 0.606 bits per heavy atom. The van der Waals surface area contributed by atoms with E-state index >= 15 is 0 Å². The van der Waals surface area contributed by atoms with Crippen LogP contribution in [0.15, 0.2) is 95.4 Å². The normalized spacial score (nSPS) is 11.3. The third-order valence-electron chi connectivity index (χ3n) is 5.47. The molecule has 0 unspecified atom stereocenters. The van der Waals surface area contributed by atoms with Crippen molar-refractivity contribution >= 4 is 33.5 Å². The highest BCUT2D eigenvalue weighted by Gasteiger charge is 2.16. The number of para-hydroxylation sites is 1. The van der Waals surface area contributed by atoms with Crippen LogP contribution in [0.25, 0.3) is 56.1 Å². The van der Waals surface area contributed by atoms with Gasteiger partial charge >= 0.3 is 0 Å². The van der Waals surface area contributed by atoms with Gasteiger partial charge in [0.25, 0.3) is 0 Å². The number of benzene rings is 4. The zero-order chi connectivity index (χ0) is 22.4. The predicted octanol–water partition coefficient (Wildman–Crippen LogP) is 7.56. The molecule has 0 radical (unpaired) electrons. The van der Waals surface area contributed by atoms with Crippen LogP contribution in [0, 0.1) is 5.82 Å². The maximum atomic E-state index is 14.7. The van der Waals surface area contributed by atoms with Crippen LogP contribution >= 0.6 is 11.6 Å². The van der Waals surface area contributed by atoms with Crippen molar-refractivity contribution in [1.29, 1.82) is 0 Å². The van der Waals surface area contributed by atoms with E-state index in [4.69, 9.17) is 21.0 Å². The highest BCUT2D eigenvalue weighted by atomic mass is 35.5. The molecule has 2 aromatic heterocycles. The summed E-state index contributed by atoms with van der Waals surface area (Å²) in [4.78, 5) is 13.8. The van der Waals surface area contributed by atoms with E-state index in [1.54, 1.807) is 0 Å². The first-order valence-electron chi connectivity index (χ1n) is 10.3. The maximum Gasteiger partial charge on any atom is 0.167 e. The molecule has 0 saturated heterocycles. The van der Waals surface area contributed by atoms with Crippen molar-refractivity contribution in [3.05, 3.63) is 102 Å². The molecule has 0 aliphatic heterocycles. The highest BCUT2D eigenvalue weighted by molar-refractivity contribution is 6.30. The molecule has 0 N–H and O–H groups in total. The zero-order valence-corrected chi connectivity index (χ0v) is 17.9. The molecule has 33 heavy (non-hydrogen) atoms. The van der Waals surface area contributed by atoms with Crippen LogP contribution in [0.3, 0.4) is 0 Å². The van der Waals surface area contributed by atoms with Gasteiger partial charge < -0.3 is 4.42 Å². The van der Waals surface area contributed by atoms with Crippen molar-refractivity contribution in [1.82, 2.24) is 15.0 Å². The summed E-state index contributed by atoms with van der Waals surface area (Å²) in [5, 5.41) is 2.45. The lowest BCUT2D eigenvalue weighted by atomic mass is 10.1. The number of halogens is 2. The fourth-order valence-corrected chi connectivity index (χ4v) is 4.05. The van der Waals surface area contributed by atoms with E-state index in [1.165, 1.54) is 18.2 Å². The van der Waals surface area contributed by atoms with Crippen LogP contribution in [0.4, 0.5) is 4.39 Å². The van der Waals surface area contributed by atoms with Crippen molar-refractivity contribution in [2.24, 2.45) is 0 Å². The minimum atomic E-state index is -0.455. The van der Waals surface area contributed by atoms with Gasteiger partial charge in [-0.25, -0.2) is 19.3 Å². The standard InChI is InChI=1S/C27H15ClFN3O/c28-18-11-13-22(29)21(15-18)27-31-25(16-6-2-1-3-7-16)30-26(32-27)17-10-12-20-19-8-4-5-9-23(19)33-24(20)14-17/h1-15H. The number of hydrogen-bond acceptors (Lipinski definition) is 4. The summed E-state index contributed by atoms with van der Waals surface area (Å²) in [6.45, 7) is 0. The van der Waals surface area contributed by atoms with Gasteiger partial charge in [0.2, 0.25) is 0 Å². The highest BCUT2D eigenvalue weighted by Crippen LogP contribution is 2.33. The van der Waals surface area contributed by atoms with Crippen molar-refractivity contribution in [3.8, 4) is 34.2 Å². The number of hydrogen-bond donors (Lipinski definition) is 0. The van der Waals surface area contributed by atoms with Gasteiger partial charge in [-0.05, 0) is 36.4 Å². The second kappa shape index (κ2) is 7.80. The third kappa shape index (κ3) is 3.52. The van der Waals surface area contributed by atoms with Gasteiger partial charge in [-0.2, -0.15) is 0 Å². The molecular formula is C27H15ClFN3O. The number of fused-ring (bicyclic) bond motifs is 3. The summed E-state index contributed by atoms with van der Waals surface area (Å²) < 4.78 is 20.7. The average molecular weight is 452 g/mol. The van der Waals surface area contributed by atoms with E-state index in [9.17, 15) is 4.39 Å². The van der Waals surface area contributed by atoms with Gasteiger partial charge in [0, 0.05) is 26.9 Å². The van der Waals surface area contributed by atoms with E-state index < -0.39 is 5.82 Å². The van der Waals surface area contributed by atoms with Crippen LogP contribution in [-0.4, -0.2) is 15.0 Å². The fraction of sp³-hybridized carbons (Fsp3) is 0. The van der Waals surface area contributed by atoms with Crippen LogP contribution in [0.5, 0.6) is 0 Å². The molecule has 4 nitrogen and oxygen atoms in total. The lowest BCUT2D eigenvalue weighted by molar-refractivity contribution is 0.630. The summed E-state index contributed by atoms with van der Waals surface area (Å²) in [6.07, 6.45) is 0. The van der Waals surface area contributed by atoms with Gasteiger partial charge in [0.1, 0.15) is 17.0 Å². The minimum Gasteiger partial charge on any atom is -0.456 e. The molecule has 0 saturated carbocycles. The van der Waals surface area contributed by atoms with Gasteiger partial charge in [0.15, 0.2) is 17.5 Å². The molecule has 6 rings (SSSR count). The number of aromatic nitrogens is 3. The Balaban J connectivity index is 1.58. The molecule has 158 valence electrons. The van der Waals surface area contributed by atoms with E-state index in [0.29, 0.717) is 16.7 Å². The molecule has 4 aromatic carbocycles. The summed E-state index contributed by atoms with van der Waals surface area (Å²) >= 11 is 6.13. The van der Waals surface area contributed by atoms with Crippen molar-refractivity contribution < 1.29 is 8.81 Å². The van der Waals surface area contributed by atoms with Gasteiger partial charge in [-0.1, -0.05) is 66.2 Å². The Labute approximate surface area is 193 Å². The summed E-state index contributed by atoms with van der Waals surface area (Å²) in [5.41, 5.74) is 3.30. The van der Waals surface area contributed by atoms with E-state index in [2.05, 4.69) is 9.97 Å². The number of furan rings is 1. The first-order chi connectivity index (χ1) is 16.2. The van der Waals surface area contributed by atoms with Crippen LogP contribution in [0.2, 0.25) is 5.02 Å². The smallest absolute Gasteiger partial charge is 0.167 e. The Morgan fingerprint density at radius 2 is 1.30 bits per heavy atom. The largest absolute Gasteiger partial charge is 0.456 e. The summed E-state index contributed by atoms with van der Waals surface area (Å²) in [6, 6.07) is 27.6. The minimum absolute atomic E-state index is 0.212. The zero-order valence-electron chi connectivity index (χ0n) is 17.2. The lowest BCUT2D eigenvalue weighted by Gasteiger charge is -2.09. The number of rotatable bonds is 3. The van der Waals surface area contributed by atoms with Gasteiger partial charge in [-0.3, -0.25) is 0 Å². The van der Waals surface area contributed by atoms with Gasteiger partial charge in [0.05, 0.1) is 5.56 Å². The van der Waals surface area contributed by atoms with E-state index in [1.807, 2.05) is 72.8 Å². The van der Waals surface area contributed by atoms with Crippen molar-refractivity contribution in [2.75, 3.05) is 0 Å². The third-order valence-corrected chi connectivity index (χ3v) is 5.71.